The molecule has 0 saturated carbocycles. The van der Waals surface area contributed by atoms with Crippen molar-refractivity contribution in [2.24, 2.45) is 0 Å². The van der Waals surface area contributed by atoms with E-state index in [4.69, 9.17) is 41.7 Å². The maximum Gasteiger partial charge on any atom is 0.431 e. The minimum absolute atomic E-state index is 0. The smallest absolute Gasteiger partial charge is 0.431 e. The Balaban J connectivity index is 0.000000330. The molecule has 19 nitrogen and oxygen atoms in total. The highest BCUT2D eigenvalue weighted by atomic mass is 16.7. The van der Waals surface area contributed by atoms with Crippen LogP contribution in [-0.2, 0) is 43.0 Å². The fraction of sp³-hybridized carbons (Fsp3) is 0.315. The summed E-state index contributed by atoms with van der Waals surface area (Å²) in [5, 5.41) is 13.9. The predicted molar refractivity (Wildman–Crippen MR) is 354 cm³/mol. The van der Waals surface area contributed by atoms with E-state index in [1.807, 2.05) is 90.1 Å². The lowest BCUT2D eigenvalue weighted by Crippen LogP contribution is -2.54. The van der Waals surface area contributed by atoms with Crippen molar-refractivity contribution in [1.29, 1.82) is 0 Å². The number of alkyl carbamates (subject to hydrolysis) is 1. The number of carboxylic acids is 1. The fourth-order valence-corrected chi connectivity index (χ4v) is 9.69. The molecule has 4 atom stereocenters. The molecule has 2 unspecified atom stereocenters. The molecule has 0 aliphatic heterocycles. The van der Waals surface area contributed by atoms with Gasteiger partial charge in [0.05, 0.1) is 50.3 Å². The molecule has 6 aromatic carbocycles. The number of carboxylic acid groups (broad SMARTS) is 1. The van der Waals surface area contributed by atoms with Gasteiger partial charge in [-0.05, 0) is 172 Å². The Hall–Kier alpha value is -10.2. The van der Waals surface area contributed by atoms with Gasteiger partial charge in [-0.2, -0.15) is 5.48 Å². The van der Waals surface area contributed by atoms with Crippen LogP contribution in [0.5, 0.6) is 0 Å². The highest BCUT2D eigenvalue weighted by Crippen LogP contribution is 2.45. The van der Waals surface area contributed by atoms with E-state index in [1.165, 1.54) is 55.7 Å². The van der Waals surface area contributed by atoms with E-state index in [-0.39, 0.29) is 38.9 Å². The zero-order valence-electron chi connectivity index (χ0n) is 52.1. The van der Waals surface area contributed by atoms with E-state index in [2.05, 4.69) is 121 Å². The summed E-state index contributed by atoms with van der Waals surface area (Å²) in [5.74, 6) is 12.4. The van der Waals surface area contributed by atoms with Crippen molar-refractivity contribution < 1.29 is 67.3 Å². The standard InChI is InChI=1S/C24H30N2O5.C20H24N2O4.C16H15NO3.C11H6O2.2CH4/c1-15(31-24(2,3)4)21(22(27)26-29-5)25-23(28)30-14-20-18-12-8-6-10-16(18)17-11-7-9-13-19(17)20;1-7-8-9-15-10-12-16(13-11-15)18(23)21-17(19(24)22-25-6)14(2)26-20(3,4)5;1-19-17-16(18)20-10-15-13-8-4-2-6-11(13)12-7-3-5-9-14(12)15;1-2-3-4-9-5-7-10(8-6-9)11(12)13;;/h6-13,15,20-21H,14H2,1-5H3,(H,25,28)(H,26,27);1,10-14,17H,2-6H3,(H,21,23)(H,22,24);2-9,15H,10H2,1H3,(H,17,18);1,5-8H,(H,12,13);2*1H4/t15?,21-;14?,17-;;;;/m10..../s1. The fourth-order valence-electron chi connectivity index (χ4n) is 9.69. The van der Waals surface area contributed by atoms with Crippen LogP contribution in [0.4, 0.5) is 9.59 Å². The van der Waals surface area contributed by atoms with Crippen molar-refractivity contribution in [2.45, 2.75) is 118 Å². The average Bonchev–Trinajstić information content (AvgIpc) is 1.63. The van der Waals surface area contributed by atoms with E-state index in [0.717, 1.165) is 22.3 Å². The number of hydrogen-bond donors (Lipinski definition) is 6. The van der Waals surface area contributed by atoms with Crippen LogP contribution in [0.15, 0.2) is 146 Å². The first kappa shape index (κ1) is 76.0. The average molecular weight is 1250 g/mol. The summed E-state index contributed by atoms with van der Waals surface area (Å²) in [6, 6.07) is 43.5. The number of amides is 5. The summed E-state index contributed by atoms with van der Waals surface area (Å²) in [6.07, 6.45) is 7.58. The van der Waals surface area contributed by atoms with Gasteiger partial charge in [-0.15, -0.1) is 12.8 Å². The number of carbonyl (C=O) groups is 6. The third-order valence-electron chi connectivity index (χ3n) is 13.3. The summed E-state index contributed by atoms with van der Waals surface area (Å²) in [7, 11) is 4.03. The van der Waals surface area contributed by atoms with Gasteiger partial charge < -0.3 is 34.7 Å². The maximum atomic E-state index is 12.6. The Morgan fingerprint density at radius 3 is 1.13 bits per heavy atom. The van der Waals surface area contributed by atoms with Crippen molar-refractivity contribution in [2.75, 3.05) is 34.5 Å². The first-order valence-electron chi connectivity index (χ1n) is 28.4. The van der Waals surface area contributed by atoms with Gasteiger partial charge in [-0.1, -0.05) is 124 Å². The summed E-state index contributed by atoms with van der Waals surface area (Å²) in [6.45, 7) is 15.1. The molecule has 0 radical (unpaired) electrons. The molecule has 8 rings (SSSR count). The van der Waals surface area contributed by atoms with Gasteiger partial charge in [-0.3, -0.25) is 28.9 Å². The first-order valence-corrected chi connectivity index (χ1v) is 28.4. The molecule has 2 aliphatic carbocycles. The normalized spacial score (nSPS) is 12.5. The Bertz CT molecular complexity index is 3580. The van der Waals surface area contributed by atoms with Crippen LogP contribution in [0.25, 0.3) is 22.3 Å². The van der Waals surface area contributed by atoms with Crippen LogP contribution >= 0.6 is 0 Å². The molecule has 0 fully saturated rings. The molecule has 0 spiro atoms. The van der Waals surface area contributed by atoms with Crippen LogP contribution in [-0.4, -0.2) is 111 Å². The molecule has 2 aliphatic rings. The van der Waals surface area contributed by atoms with Gasteiger partial charge in [0.15, 0.2) is 0 Å². The lowest BCUT2D eigenvalue weighted by molar-refractivity contribution is -0.141. The van der Waals surface area contributed by atoms with Crippen molar-refractivity contribution in [1.82, 2.24) is 27.1 Å². The van der Waals surface area contributed by atoms with Crippen LogP contribution < -0.4 is 27.1 Å². The second-order valence-electron chi connectivity index (χ2n) is 22.0. The molecular formula is C73H83N5O14. The largest absolute Gasteiger partial charge is 0.478 e. The van der Waals surface area contributed by atoms with Crippen LogP contribution in [0.2, 0.25) is 0 Å². The highest BCUT2D eigenvalue weighted by molar-refractivity contribution is 5.97. The second-order valence-corrected chi connectivity index (χ2v) is 22.0. The molecule has 0 heterocycles. The van der Waals surface area contributed by atoms with Gasteiger partial charge in [-0.25, -0.2) is 25.3 Å². The second kappa shape index (κ2) is 37.1. The van der Waals surface area contributed by atoms with Crippen molar-refractivity contribution >= 4 is 35.9 Å². The Labute approximate surface area is 540 Å². The minimum Gasteiger partial charge on any atom is -0.478 e. The number of nitrogens with one attached hydrogen (secondary N) is 5. The van der Waals surface area contributed by atoms with Gasteiger partial charge in [0.2, 0.25) is 0 Å². The first-order chi connectivity index (χ1) is 42.9. The third-order valence-corrected chi connectivity index (χ3v) is 13.3. The number of hydroxylamine groups is 3. The Morgan fingerprint density at radius 2 is 0.804 bits per heavy atom. The molecule has 0 aromatic heterocycles. The molecule has 0 bridgehead atoms. The predicted octanol–water partition coefficient (Wildman–Crippen LogP) is 11.2. The lowest BCUT2D eigenvalue weighted by atomic mass is 9.98. The third kappa shape index (κ3) is 23.0. The number of terminal acetylenes is 2. The summed E-state index contributed by atoms with van der Waals surface area (Å²) >= 11 is 0. The highest BCUT2D eigenvalue weighted by Gasteiger charge is 2.35. The van der Waals surface area contributed by atoms with E-state index < -0.39 is 71.4 Å². The van der Waals surface area contributed by atoms with E-state index in [0.29, 0.717) is 23.3 Å². The Kier molecular flexibility index (Phi) is 30.6. The molecular weight excluding hydrogens is 1170 g/mol. The number of benzene rings is 6. The molecule has 5 amide bonds. The topological polar surface area (TPSA) is 247 Å². The van der Waals surface area contributed by atoms with E-state index >= 15 is 0 Å². The van der Waals surface area contributed by atoms with E-state index in [9.17, 15) is 28.8 Å². The summed E-state index contributed by atoms with van der Waals surface area (Å²) < 4.78 is 22.4. The monoisotopic (exact) mass is 1250 g/mol. The molecule has 6 N–H and O–H groups in total. The summed E-state index contributed by atoms with van der Waals surface area (Å²) in [4.78, 5) is 85.5. The number of rotatable bonds is 17. The minimum atomic E-state index is -0.977. The maximum absolute atomic E-state index is 12.6. The van der Waals surface area contributed by atoms with Crippen LogP contribution in [0, 0.1) is 48.4 Å². The number of ether oxygens (including phenoxy) is 4. The number of hydrogen-bond acceptors (Lipinski definition) is 13. The lowest BCUT2D eigenvalue weighted by Gasteiger charge is -2.30. The van der Waals surface area contributed by atoms with E-state index in [1.54, 1.807) is 50.2 Å². The van der Waals surface area contributed by atoms with Crippen molar-refractivity contribution in [3.63, 3.8) is 0 Å². The molecule has 0 saturated heterocycles. The van der Waals surface area contributed by atoms with Crippen molar-refractivity contribution in [3.8, 4) is 70.6 Å². The molecule has 6 aromatic rings. The number of carbonyl (C=O) groups excluding carboxylic acids is 5. The summed E-state index contributed by atoms with van der Waals surface area (Å²) in [5.41, 5.74) is 17.0. The zero-order valence-corrected chi connectivity index (χ0v) is 52.1. The van der Waals surface area contributed by atoms with Crippen LogP contribution in [0.1, 0.15) is 136 Å². The number of fused-ring (bicyclic) bond motifs is 6. The van der Waals surface area contributed by atoms with Crippen molar-refractivity contribution in [3.05, 3.63) is 190 Å². The molecule has 92 heavy (non-hydrogen) atoms. The molecule has 484 valence electrons. The Morgan fingerprint density at radius 1 is 0.478 bits per heavy atom. The van der Waals surface area contributed by atoms with Gasteiger partial charge >= 0.3 is 18.2 Å². The van der Waals surface area contributed by atoms with Gasteiger partial charge in [0.25, 0.3) is 17.7 Å². The quantitative estimate of drug-likeness (QED) is 0.0367. The molecule has 19 heteroatoms. The van der Waals surface area contributed by atoms with Gasteiger partial charge in [0, 0.05) is 28.5 Å². The van der Waals surface area contributed by atoms with Gasteiger partial charge in [0.1, 0.15) is 25.3 Å². The zero-order chi connectivity index (χ0) is 66.0. The van der Waals surface area contributed by atoms with Crippen LogP contribution in [0.3, 0.4) is 0 Å². The number of aromatic carboxylic acids is 1. The SMILES string of the molecule is C.C.C#CC#Cc1ccc(C(=O)N[C@H](C(=O)NOC)C(C)OC(C)(C)C)cc1.C#CC#Cc1ccc(C(=O)O)cc1.CONC(=O)OCC1c2ccccc2-c2ccccc21.CONC(=O)[C@H](NC(=O)OCC1c2ccccc2-c2ccccc21)C(C)OC(C)(C)C.